The van der Waals surface area contributed by atoms with Gasteiger partial charge in [-0.15, -0.1) is 0 Å². The lowest BCUT2D eigenvalue weighted by Gasteiger charge is -2.26. The molecule has 2 aromatic rings. The lowest BCUT2D eigenvalue weighted by atomic mass is 10.1. The maximum absolute atomic E-state index is 12.9. The van der Waals surface area contributed by atoms with Crippen molar-refractivity contribution >= 4 is 17.3 Å². The molecule has 0 radical (unpaired) electrons. The molecule has 0 spiro atoms. The molecular formula is C17H18FN3O. The van der Waals surface area contributed by atoms with E-state index in [0.29, 0.717) is 5.69 Å². The number of anilines is 2. The molecule has 2 heterocycles. The van der Waals surface area contributed by atoms with Crippen molar-refractivity contribution in [1.82, 2.24) is 9.88 Å². The average Bonchev–Trinajstić information content (AvgIpc) is 2.58. The molecule has 1 fully saturated rings. The topological polar surface area (TPSA) is 45.2 Å². The highest BCUT2D eigenvalue weighted by molar-refractivity contribution is 5.92. The highest BCUT2D eigenvalue weighted by atomic mass is 19.1. The second kappa shape index (κ2) is 6.56. The van der Waals surface area contributed by atoms with Crippen LogP contribution in [0.3, 0.4) is 0 Å². The summed E-state index contributed by atoms with van der Waals surface area (Å²) in [6.07, 6.45) is 4.95. The normalized spacial score (nSPS) is 14.7. The molecule has 22 heavy (non-hydrogen) atoms. The average molecular weight is 299 g/mol. The third-order valence-electron chi connectivity index (χ3n) is 3.76. The minimum Gasteiger partial charge on any atom is -0.354 e. The van der Waals surface area contributed by atoms with Crippen LogP contribution in [0, 0.1) is 5.82 Å². The van der Waals surface area contributed by atoms with Gasteiger partial charge in [0, 0.05) is 18.8 Å². The SMILES string of the molecule is O=C(c1ccc(Nc2ccc(F)cc2)cn1)N1CCCCC1. The summed E-state index contributed by atoms with van der Waals surface area (Å²) < 4.78 is 12.9. The Balaban J connectivity index is 1.66. The van der Waals surface area contributed by atoms with E-state index >= 15 is 0 Å². The van der Waals surface area contributed by atoms with Gasteiger partial charge in [-0.2, -0.15) is 0 Å². The van der Waals surface area contributed by atoms with Crippen molar-refractivity contribution in [3.63, 3.8) is 0 Å². The van der Waals surface area contributed by atoms with Crippen LogP contribution in [0.2, 0.25) is 0 Å². The van der Waals surface area contributed by atoms with Crippen molar-refractivity contribution in [2.75, 3.05) is 18.4 Å². The lowest BCUT2D eigenvalue weighted by molar-refractivity contribution is 0.0718. The van der Waals surface area contributed by atoms with Crippen molar-refractivity contribution < 1.29 is 9.18 Å². The monoisotopic (exact) mass is 299 g/mol. The van der Waals surface area contributed by atoms with Crippen molar-refractivity contribution in [2.24, 2.45) is 0 Å². The van der Waals surface area contributed by atoms with Crippen LogP contribution in [0.15, 0.2) is 42.6 Å². The molecule has 0 unspecified atom stereocenters. The van der Waals surface area contributed by atoms with Gasteiger partial charge in [0.05, 0.1) is 11.9 Å². The first-order chi connectivity index (χ1) is 10.7. The molecule has 1 N–H and O–H groups in total. The summed E-state index contributed by atoms with van der Waals surface area (Å²) in [5, 5.41) is 3.12. The number of amides is 1. The Morgan fingerprint density at radius 2 is 1.68 bits per heavy atom. The van der Waals surface area contributed by atoms with E-state index in [1.165, 1.54) is 18.6 Å². The number of nitrogens with zero attached hydrogens (tertiary/aromatic N) is 2. The number of halogens is 1. The van der Waals surface area contributed by atoms with Gasteiger partial charge in [0.25, 0.3) is 5.91 Å². The Labute approximate surface area is 129 Å². The molecule has 3 rings (SSSR count). The molecular weight excluding hydrogens is 281 g/mol. The van der Waals surface area contributed by atoms with Crippen molar-refractivity contribution in [3.05, 3.63) is 54.1 Å². The molecule has 5 heteroatoms. The van der Waals surface area contributed by atoms with E-state index < -0.39 is 0 Å². The summed E-state index contributed by atoms with van der Waals surface area (Å²) in [6, 6.07) is 9.63. The molecule has 1 aromatic heterocycles. The van der Waals surface area contributed by atoms with E-state index in [1.807, 2.05) is 11.0 Å². The van der Waals surface area contributed by atoms with Gasteiger partial charge in [0.1, 0.15) is 11.5 Å². The van der Waals surface area contributed by atoms with Crippen LogP contribution in [-0.2, 0) is 0 Å². The molecule has 0 atom stereocenters. The molecule has 1 aliphatic rings. The van der Waals surface area contributed by atoms with Crippen LogP contribution >= 0.6 is 0 Å². The quantitative estimate of drug-likeness (QED) is 0.942. The zero-order chi connectivity index (χ0) is 15.4. The minimum absolute atomic E-state index is 0.00645. The van der Waals surface area contributed by atoms with Gasteiger partial charge in [-0.1, -0.05) is 0 Å². The number of rotatable bonds is 3. The number of aromatic nitrogens is 1. The number of nitrogens with one attached hydrogen (secondary N) is 1. The van der Waals surface area contributed by atoms with E-state index in [0.717, 1.165) is 37.3 Å². The van der Waals surface area contributed by atoms with Crippen molar-refractivity contribution in [1.29, 1.82) is 0 Å². The van der Waals surface area contributed by atoms with Crippen LogP contribution in [0.25, 0.3) is 0 Å². The third-order valence-corrected chi connectivity index (χ3v) is 3.76. The predicted molar refractivity (Wildman–Crippen MR) is 83.7 cm³/mol. The molecule has 1 aromatic carbocycles. The van der Waals surface area contributed by atoms with Gasteiger partial charge in [-0.25, -0.2) is 9.37 Å². The molecule has 1 amide bonds. The van der Waals surface area contributed by atoms with Gasteiger partial charge >= 0.3 is 0 Å². The first-order valence-corrected chi connectivity index (χ1v) is 7.50. The smallest absolute Gasteiger partial charge is 0.272 e. The zero-order valence-electron chi connectivity index (χ0n) is 12.3. The predicted octanol–water partition coefficient (Wildman–Crippen LogP) is 3.59. The minimum atomic E-state index is -0.272. The van der Waals surface area contributed by atoms with E-state index in [1.54, 1.807) is 24.4 Å². The summed E-state index contributed by atoms with van der Waals surface area (Å²) in [5.74, 6) is -0.279. The fourth-order valence-corrected chi connectivity index (χ4v) is 2.55. The highest BCUT2D eigenvalue weighted by Crippen LogP contribution is 2.17. The number of carbonyl (C=O) groups is 1. The van der Waals surface area contributed by atoms with Gasteiger partial charge in [-0.05, 0) is 55.7 Å². The number of pyridine rings is 1. The Bertz CT molecular complexity index is 634. The Kier molecular flexibility index (Phi) is 4.32. The van der Waals surface area contributed by atoms with Crippen LogP contribution in [0.1, 0.15) is 29.8 Å². The van der Waals surface area contributed by atoms with Crippen molar-refractivity contribution in [2.45, 2.75) is 19.3 Å². The molecule has 1 saturated heterocycles. The van der Waals surface area contributed by atoms with Gasteiger partial charge < -0.3 is 10.2 Å². The highest BCUT2D eigenvalue weighted by Gasteiger charge is 2.18. The molecule has 4 nitrogen and oxygen atoms in total. The number of piperidine rings is 1. The van der Waals surface area contributed by atoms with Crippen LogP contribution in [-0.4, -0.2) is 28.9 Å². The van der Waals surface area contributed by atoms with E-state index in [9.17, 15) is 9.18 Å². The fraction of sp³-hybridized carbons (Fsp3) is 0.294. The van der Waals surface area contributed by atoms with Crippen LogP contribution in [0.5, 0.6) is 0 Å². The summed E-state index contributed by atoms with van der Waals surface area (Å²) in [4.78, 5) is 18.4. The number of hydrogen-bond acceptors (Lipinski definition) is 3. The maximum Gasteiger partial charge on any atom is 0.272 e. The molecule has 114 valence electrons. The molecule has 0 saturated carbocycles. The Hall–Kier alpha value is -2.43. The second-order valence-electron chi connectivity index (χ2n) is 5.42. The van der Waals surface area contributed by atoms with Crippen molar-refractivity contribution in [3.8, 4) is 0 Å². The first kappa shape index (κ1) is 14.5. The van der Waals surface area contributed by atoms with Crippen LogP contribution < -0.4 is 5.32 Å². The third kappa shape index (κ3) is 3.42. The number of hydrogen-bond donors (Lipinski definition) is 1. The maximum atomic E-state index is 12.9. The van der Waals surface area contributed by atoms with Crippen LogP contribution in [0.4, 0.5) is 15.8 Å². The number of carbonyl (C=O) groups excluding carboxylic acids is 1. The molecule has 0 bridgehead atoms. The van der Waals surface area contributed by atoms with E-state index in [-0.39, 0.29) is 11.7 Å². The van der Waals surface area contributed by atoms with Gasteiger partial charge in [0.2, 0.25) is 0 Å². The second-order valence-corrected chi connectivity index (χ2v) is 5.42. The fourth-order valence-electron chi connectivity index (χ4n) is 2.55. The van der Waals surface area contributed by atoms with E-state index in [4.69, 9.17) is 0 Å². The standard InChI is InChI=1S/C17H18FN3O/c18-13-4-6-14(7-5-13)20-15-8-9-16(19-12-15)17(22)21-10-2-1-3-11-21/h4-9,12,20H,1-3,10-11H2. The Morgan fingerprint density at radius 3 is 2.32 bits per heavy atom. The van der Waals surface area contributed by atoms with E-state index in [2.05, 4.69) is 10.3 Å². The summed E-state index contributed by atoms with van der Waals surface area (Å²) in [6.45, 7) is 1.63. The summed E-state index contributed by atoms with van der Waals surface area (Å²) in [5.41, 5.74) is 2.01. The van der Waals surface area contributed by atoms with Gasteiger partial charge in [0.15, 0.2) is 0 Å². The number of benzene rings is 1. The largest absolute Gasteiger partial charge is 0.354 e. The van der Waals surface area contributed by atoms with Gasteiger partial charge in [-0.3, -0.25) is 4.79 Å². The molecule has 1 aliphatic heterocycles. The number of likely N-dealkylation sites (tertiary alicyclic amines) is 1. The summed E-state index contributed by atoms with van der Waals surface area (Å²) >= 11 is 0. The molecule has 0 aliphatic carbocycles. The summed E-state index contributed by atoms with van der Waals surface area (Å²) in [7, 11) is 0. The lowest BCUT2D eigenvalue weighted by Crippen LogP contribution is -2.36. The zero-order valence-corrected chi connectivity index (χ0v) is 12.3. The Morgan fingerprint density at radius 1 is 1.00 bits per heavy atom. The first-order valence-electron chi connectivity index (χ1n) is 7.50.